The predicted octanol–water partition coefficient (Wildman–Crippen LogP) is 4.23. The van der Waals surface area contributed by atoms with Crippen LogP contribution < -0.4 is 10.6 Å². The van der Waals surface area contributed by atoms with E-state index >= 15 is 0 Å². The summed E-state index contributed by atoms with van der Waals surface area (Å²) in [5, 5.41) is 14.3. The van der Waals surface area contributed by atoms with E-state index < -0.39 is 41.5 Å². The van der Waals surface area contributed by atoms with Gasteiger partial charge in [-0.25, -0.2) is 9.18 Å². The Bertz CT molecular complexity index is 982. The second-order valence-corrected chi connectivity index (χ2v) is 8.56. The Morgan fingerprint density at radius 3 is 2.03 bits per heavy atom. The van der Waals surface area contributed by atoms with Gasteiger partial charge in [0.05, 0.1) is 6.04 Å². The smallest absolute Gasteiger partial charge is 0.363 e. The Kier molecular flexibility index (Phi) is 5.60. The Morgan fingerprint density at radius 2 is 1.55 bits per heavy atom. The van der Waals surface area contributed by atoms with Crippen molar-refractivity contribution in [1.29, 1.82) is 0 Å². The lowest BCUT2D eigenvalue weighted by Crippen LogP contribution is -2.72. The summed E-state index contributed by atoms with van der Waals surface area (Å²) >= 11 is 0. The lowest BCUT2D eigenvalue weighted by atomic mass is 9.76. The van der Waals surface area contributed by atoms with Gasteiger partial charge >= 0.3 is 12.2 Å². The molecular weight excluding hydrogens is 416 g/mol. The molecule has 31 heavy (non-hydrogen) atoms. The van der Waals surface area contributed by atoms with Crippen LogP contribution in [0, 0.1) is 11.7 Å². The molecule has 3 N–H and O–H groups in total. The van der Waals surface area contributed by atoms with Crippen LogP contribution in [-0.2, 0) is 5.41 Å². The first-order valence-corrected chi connectivity index (χ1v) is 9.52. The fourth-order valence-electron chi connectivity index (χ4n) is 3.60. The SMILES string of the molecule is CC(C)(C)c1ccc([C@H]2NC(=O)N[C@@](O)(C(F)(F)F)[C@H]2C(=O)c2ccc(F)cc2)cc1. The average molecular weight is 438 g/mol. The summed E-state index contributed by atoms with van der Waals surface area (Å²) in [6.07, 6.45) is -5.35. The van der Waals surface area contributed by atoms with E-state index in [0.717, 1.165) is 29.8 Å². The largest absolute Gasteiger partial charge is 0.437 e. The van der Waals surface area contributed by atoms with E-state index in [1.165, 1.54) is 17.4 Å². The van der Waals surface area contributed by atoms with Crippen molar-refractivity contribution in [2.45, 2.75) is 44.1 Å². The van der Waals surface area contributed by atoms with Crippen LogP contribution in [0.3, 0.4) is 0 Å². The number of Topliss-reactive ketones (excluding diaryl/α,β-unsaturated/α-hetero) is 1. The third-order valence-corrected chi connectivity index (χ3v) is 5.35. The first-order chi connectivity index (χ1) is 14.2. The van der Waals surface area contributed by atoms with Crippen molar-refractivity contribution < 1.29 is 32.3 Å². The molecular formula is C22H22F4N2O3. The summed E-state index contributed by atoms with van der Waals surface area (Å²) in [4.78, 5) is 25.2. The van der Waals surface area contributed by atoms with Gasteiger partial charge in [0.2, 0.25) is 5.72 Å². The highest BCUT2D eigenvalue weighted by molar-refractivity contribution is 6.00. The highest BCUT2D eigenvalue weighted by Crippen LogP contribution is 2.44. The molecule has 2 amide bonds. The van der Waals surface area contributed by atoms with Crippen molar-refractivity contribution in [2.24, 2.45) is 5.92 Å². The van der Waals surface area contributed by atoms with Gasteiger partial charge in [0.1, 0.15) is 11.7 Å². The lowest BCUT2D eigenvalue weighted by Gasteiger charge is -2.45. The zero-order valence-electron chi connectivity index (χ0n) is 17.0. The third-order valence-electron chi connectivity index (χ3n) is 5.35. The molecule has 2 aromatic carbocycles. The molecule has 0 saturated carbocycles. The molecule has 3 rings (SSSR count). The standard InChI is InChI=1S/C22H22F4N2O3/c1-20(2,3)14-8-4-12(5-9-14)17-16(18(29)13-6-10-15(23)11-7-13)21(31,22(24,25)26)28-19(30)27-17/h4-11,16-17,31H,1-3H3,(H2,27,28,30)/t16-,17-,21+/m1/s1. The van der Waals surface area contributed by atoms with E-state index in [0.29, 0.717) is 0 Å². The summed E-state index contributed by atoms with van der Waals surface area (Å²) < 4.78 is 54.9. The molecule has 1 saturated heterocycles. The molecule has 0 aliphatic carbocycles. The van der Waals surface area contributed by atoms with Gasteiger partial charge in [-0.2, -0.15) is 13.2 Å². The fraction of sp³-hybridized carbons (Fsp3) is 0.364. The number of hydrogen-bond donors (Lipinski definition) is 3. The lowest BCUT2D eigenvalue weighted by molar-refractivity contribution is -0.287. The van der Waals surface area contributed by atoms with Gasteiger partial charge in [-0.05, 0) is 40.8 Å². The van der Waals surface area contributed by atoms with Crippen molar-refractivity contribution in [3.05, 3.63) is 71.0 Å². The summed E-state index contributed by atoms with van der Waals surface area (Å²) in [5.74, 6) is -3.93. The van der Waals surface area contributed by atoms with Crippen LogP contribution in [0.4, 0.5) is 22.4 Å². The average Bonchev–Trinajstić information content (AvgIpc) is 2.66. The predicted molar refractivity (Wildman–Crippen MR) is 105 cm³/mol. The molecule has 0 bridgehead atoms. The minimum Gasteiger partial charge on any atom is -0.363 e. The summed E-state index contributed by atoms with van der Waals surface area (Å²) in [6, 6.07) is 7.58. The van der Waals surface area contributed by atoms with E-state index in [1.807, 2.05) is 20.8 Å². The van der Waals surface area contributed by atoms with Crippen LogP contribution in [0.15, 0.2) is 48.5 Å². The topological polar surface area (TPSA) is 78.4 Å². The van der Waals surface area contributed by atoms with E-state index in [2.05, 4.69) is 5.32 Å². The maximum absolute atomic E-state index is 13.9. The zero-order valence-corrected chi connectivity index (χ0v) is 17.0. The number of carbonyl (C=O) groups excluding carboxylic acids is 2. The Hall–Kier alpha value is -2.94. The monoisotopic (exact) mass is 438 g/mol. The van der Waals surface area contributed by atoms with Crippen molar-refractivity contribution in [2.75, 3.05) is 0 Å². The van der Waals surface area contributed by atoms with Crippen molar-refractivity contribution in [3.8, 4) is 0 Å². The molecule has 0 unspecified atom stereocenters. The van der Waals surface area contributed by atoms with Crippen molar-refractivity contribution >= 4 is 11.8 Å². The number of carbonyl (C=O) groups is 2. The molecule has 1 heterocycles. The van der Waals surface area contributed by atoms with Gasteiger partial charge in [0, 0.05) is 5.56 Å². The molecule has 2 aromatic rings. The minimum atomic E-state index is -5.35. The fourth-order valence-corrected chi connectivity index (χ4v) is 3.60. The van der Waals surface area contributed by atoms with Gasteiger partial charge in [-0.3, -0.25) is 4.79 Å². The van der Waals surface area contributed by atoms with E-state index in [1.54, 1.807) is 12.1 Å². The molecule has 166 valence electrons. The molecule has 0 radical (unpaired) electrons. The highest BCUT2D eigenvalue weighted by Gasteiger charge is 2.66. The number of alkyl halides is 3. The number of urea groups is 1. The van der Waals surface area contributed by atoms with Crippen molar-refractivity contribution in [1.82, 2.24) is 10.6 Å². The quantitative estimate of drug-likeness (QED) is 0.496. The van der Waals surface area contributed by atoms with E-state index in [9.17, 15) is 32.3 Å². The van der Waals surface area contributed by atoms with Crippen LogP contribution in [0.25, 0.3) is 0 Å². The van der Waals surface area contributed by atoms with Gasteiger partial charge in [0.25, 0.3) is 0 Å². The van der Waals surface area contributed by atoms with Gasteiger partial charge < -0.3 is 15.7 Å². The van der Waals surface area contributed by atoms with Crippen LogP contribution in [0.5, 0.6) is 0 Å². The molecule has 0 aromatic heterocycles. The Morgan fingerprint density at radius 1 is 1.00 bits per heavy atom. The molecule has 9 heteroatoms. The highest BCUT2D eigenvalue weighted by atomic mass is 19.4. The number of amides is 2. The second-order valence-electron chi connectivity index (χ2n) is 8.56. The molecule has 1 fully saturated rings. The van der Waals surface area contributed by atoms with Gasteiger partial charge in [-0.15, -0.1) is 0 Å². The summed E-state index contributed by atoms with van der Waals surface area (Å²) in [7, 11) is 0. The van der Waals surface area contributed by atoms with Gasteiger partial charge in [-0.1, -0.05) is 45.0 Å². The zero-order chi connectivity index (χ0) is 23.2. The number of nitrogens with one attached hydrogen (secondary N) is 2. The number of ketones is 1. The molecule has 0 spiro atoms. The second kappa shape index (κ2) is 7.64. The Balaban J connectivity index is 2.13. The third kappa shape index (κ3) is 4.27. The summed E-state index contributed by atoms with van der Waals surface area (Å²) in [6.45, 7) is 5.87. The Labute approximate surface area is 176 Å². The molecule has 3 atom stereocenters. The number of rotatable bonds is 3. The maximum Gasteiger partial charge on any atom is 0.437 e. The van der Waals surface area contributed by atoms with Gasteiger partial charge in [0.15, 0.2) is 5.78 Å². The molecule has 1 aliphatic heterocycles. The number of hydrogen-bond acceptors (Lipinski definition) is 3. The van der Waals surface area contributed by atoms with E-state index in [-0.39, 0.29) is 16.5 Å². The molecule has 1 aliphatic rings. The number of benzene rings is 2. The number of halogens is 4. The first kappa shape index (κ1) is 22.7. The minimum absolute atomic E-state index is 0.214. The normalized spacial score (nSPS) is 24.3. The van der Waals surface area contributed by atoms with Crippen molar-refractivity contribution in [3.63, 3.8) is 0 Å². The van der Waals surface area contributed by atoms with Crippen LogP contribution in [0.2, 0.25) is 0 Å². The molecule has 5 nitrogen and oxygen atoms in total. The summed E-state index contributed by atoms with van der Waals surface area (Å²) in [5.41, 5.74) is -3.18. The maximum atomic E-state index is 13.9. The first-order valence-electron chi connectivity index (χ1n) is 9.52. The van der Waals surface area contributed by atoms with E-state index in [4.69, 9.17) is 0 Å². The number of aliphatic hydroxyl groups is 1. The van der Waals surface area contributed by atoms with Crippen LogP contribution in [0.1, 0.15) is 48.3 Å². The van der Waals surface area contributed by atoms with Crippen LogP contribution >= 0.6 is 0 Å². The van der Waals surface area contributed by atoms with Crippen LogP contribution in [-0.4, -0.2) is 28.8 Å².